The smallest absolute Gasteiger partial charge is 0.0233 e. The Kier molecular flexibility index (Phi) is 3.47. The van der Waals surface area contributed by atoms with Gasteiger partial charge >= 0.3 is 0 Å². The fraction of sp³-hybridized carbons (Fsp3) is 0.375. The lowest BCUT2D eigenvalue weighted by Crippen LogP contribution is -2.32. The Morgan fingerprint density at radius 1 is 1.00 bits per heavy atom. The van der Waals surface area contributed by atoms with Gasteiger partial charge in [0, 0.05) is 24.4 Å². The summed E-state index contributed by atoms with van der Waals surface area (Å²) < 4.78 is 0. The highest BCUT2D eigenvalue weighted by atomic mass is 15.1. The second-order valence-electron chi connectivity index (χ2n) is 5.16. The molecule has 94 valence electrons. The highest BCUT2D eigenvalue weighted by Gasteiger charge is 2.20. The van der Waals surface area contributed by atoms with Crippen LogP contribution in [0.15, 0.2) is 48.7 Å². The summed E-state index contributed by atoms with van der Waals surface area (Å²) in [5.41, 5.74) is 2.84. The molecule has 2 aromatic rings. The van der Waals surface area contributed by atoms with Crippen LogP contribution < -0.4 is 0 Å². The maximum atomic E-state index is 3.35. The van der Waals surface area contributed by atoms with Crippen LogP contribution in [0.5, 0.6) is 0 Å². The molecule has 3 rings (SSSR count). The lowest BCUT2D eigenvalue weighted by Gasteiger charge is -2.31. The number of nitrogens with one attached hydrogen (secondary N) is 1. The Morgan fingerprint density at radius 2 is 1.78 bits per heavy atom. The van der Waals surface area contributed by atoms with E-state index >= 15 is 0 Å². The average Bonchev–Trinajstić information content (AvgIpc) is 2.95. The third-order valence-electron chi connectivity index (χ3n) is 3.90. The van der Waals surface area contributed by atoms with Gasteiger partial charge in [-0.15, -0.1) is 0 Å². The molecular formula is C16H20N2. The van der Waals surface area contributed by atoms with Gasteiger partial charge in [0.15, 0.2) is 0 Å². The van der Waals surface area contributed by atoms with E-state index < -0.39 is 0 Å². The Balaban J connectivity index is 1.54. The first-order valence-electron chi connectivity index (χ1n) is 6.81. The van der Waals surface area contributed by atoms with E-state index in [0.717, 1.165) is 12.5 Å². The summed E-state index contributed by atoms with van der Waals surface area (Å²) in [7, 11) is 0. The van der Waals surface area contributed by atoms with Crippen LogP contribution in [0.4, 0.5) is 0 Å². The molecule has 1 aromatic heterocycles. The minimum atomic E-state index is 0.729. The summed E-state index contributed by atoms with van der Waals surface area (Å²) in [5, 5.41) is 0. The van der Waals surface area contributed by atoms with Crippen molar-refractivity contribution in [1.29, 1.82) is 0 Å². The zero-order valence-electron chi connectivity index (χ0n) is 10.7. The molecule has 0 bridgehead atoms. The number of aromatic amines is 1. The third-order valence-corrected chi connectivity index (χ3v) is 3.90. The van der Waals surface area contributed by atoms with Crippen molar-refractivity contribution in [2.75, 3.05) is 13.1 Å². The maximum Gasteiger partial charge on any atom is 0.0233 e. The number of nitrogens with zero attached hydrogens (tertiary/aromatic N) is 1. The van der Waals surface area contributed by atoms with Gasteiger partial charge in [-0.05, 0) is 43.6 Å². The number of H-pyrrole nitrogens is 1. The Bertz CT molecular complexity index is 453. The largest absolute Gasteiger partial charge is 0.365 e. The Hall–Kier alpha value is -1.54. The van der Waals surface area contributed by atoms with E-state index in [0.29, 0.717) is 0 Å². The van der Waals surface area contributed by atoms with Crippen LogP contribution in [0.25, 0.3) is 0 Å². The van der Waals surface area contributed by atoms with Crippen molar-refractivity contribution in [2.24, 2.45) is 0 Å². The quantitative estimate of drug-likeness (QED) is 0.871. The molecule has 1 aliphatic heterocycles. The van der Waals surface area contributed by atoms with Gasteiger partial charge < -0.3 is 4.98 Å². The van der Waals surface area contributed by atoms with Crippen LogP contribution in [0.2, 0.25) is 0 Å². The maximum absolute atomic E-state index is 3.35. The first-order valence-corrected chi connectivity index (χ1v) is 6.81. The summed E-state index contributed by atoms with van der Waals surface area (Å²) in [6.07, 6.45) is 4.58. The zero-order valence-corrected chi connectivity index (χ0v) is 10.7. The minimum absolute atomic E-state index is 0.729. The Labute approximate surface area is 109 Å². The standard InChI is InChI=1S/C16H20N2/c1-2-5-14(6-3-1)13-18-11-8-15(9-12-18)16-7-4-10-17-16/h1-7,10,15,17H,8-9,11-13H2. The Morgan fingerprint density at radius 3 is 2.44 bits per heavy atom. The molecular weight excluding hydrogens is 220 g/mol. The van der Waals surface area contributed by atoms with Crippen molar-refractivity contribution >= 4 is 0 Å². The summed E-state index contributed by atoms with van der Waals surface area (Å²) in [6.45, 7) is 3.51. The first kappa shape index (κ1) is 11.5. The fourth-order valence-electron chi connectivity index (χ4n) is 2.84. The molecule has 2 nitrogen and oxygen atoms in total. The molecule has 1 N–H and O–H groups in total. The van der Waals surface area contributed by atoms with Gasteiger partial charge in [0.25, 0.3) is 0 Å². The van der Waals surface area contributed by atoms with Crippen LogP contribution in [0.1, 0.15) is 30.0 Å². The number of rotatable bonds is 3. The predicted octanol–water partition coefficient (Wildman–Crippen LogP) is 3.39. The van der Waals surface area contributed by atoms with Gasteiger partial charge in [-0.3, -0.25) is 4.90 Å². The van der Waals surface area contributed by atoms with Crippen molar-refractivity contribution in [1.82, 2.24) is 9.88 Å². The molecule has 0 radical (unpaired) electrons. The molecule has 0 amide bonds. The molecule has 0 spiro atoms. The molecule has 0 unspecified atom stereocenters. The van der Waals surface area contributed by atoms with E-state index in [9.17, 15) is 0 Å². The number of likely N-dealkylation sites (tertiary alicyclic amines) is 1. The van der Waals surface area contributed by atoms with Crippen LogP contribution in [-0.2, 0) is 6.54 Å². The number of benzene rings is 1. The topological polar surface area (TPSA) is 19.0 Å². The van der Waals surface area contributed by atoms with Crippen molar-refractivity contribution in [3.63, 3.8) is 0 Å². The van der Waals surface area contributed by atoms with E-state index in [1.54, 1.807) is 0 Å². The molecule has 1 fully saturated rings. The van der Waals surface area contributed by atoms with E-state index in [4.69, 9.17) is 0 Å². The number of aromatic nitrogens is 1. The number of hydrogen-bond acceptors (Lipinski definition) is 1. The van der Waals surface area contributed by atoms with Crippen LogP contribution in [0, 0.1) is 0 Å². The SMILES string of the molecule is c1ccc(CN2CCC(c3ccc[nH]3)CC2)cc1. The lowest BCUT2D eigenvalue weighted by molar-refractivity contribution is 0.203. The van der Waals surface area contributed by atoms with Crippen molar-refractivity contribution < 1.29 is 0 Å². The van der Waals surface area contributed by atoms with Gasteiger partial charge in [0.05, 0.1) is 0 Å². The van der Waals surface area contributed by atoms with E-state index in [2.05, 4.69) is 52.3 Å². The normalized spacial score (nSPS) is 18.0. The van der Waals surface area contributed by atoms with Crippen molar-refractivity contribution in [3.05, 3.63) is 59.9 Å². The molecule has 2 heteroatoms. The molecule has 1 saturated heterocycles. The molecule has 0 atom stereocenters. The third kappa shape index (κ3) is 2.65. The van der Waals surface area contributed by atoms with E-state index in [1.165, 1.54) is 37.2 Å². The van der Waals surface area contributed by atoms with Crippen LogP contribution in [-0.4, -0.2) is 23.0 Å². The van der Waals surface area contributed by atoms with Gasteiger partial charge in [-0.25, -0.2) is 0 Å². The highest BCUT2D eigenvalue weighted by molar-refractivity contribution is 5.15. The fourth-order valence-corrected chi connectivity index (χ4v) is 2.84. The van der Waals surface area contributed by atoms with Gasteiger partial charge in [-0.1, -0.05) is 30.3 Å². The first-order chi connectivity index (χ1) is 8.92. The number of hydrogen-bond donors (Lipinski definition) is 1. The predicted molar refractivity (Wildman–Crippen MR) is 74.5 cm³/mol. The molecule has 0 saturated carbocycles. The van der Waals surface area contributed by atoms with Crippen molar-refractivity contribution in [2.45, 2.75) is 25.3 Å². The highest BCUT2D eigenvalue weighted by Crippen LogP contribution is 2.27. The molecule has 1 aliphatic rings. The molecule has 1 aromatic carbocycles. The lowest BCUT2D eigenvalue weighted by atomic mass is 9.93. The van der Waals surface area contributed by atoms with E-state index in [1.807, 2.05) is 6.20 Å². The van der Waals surface area contributed by atoms with Gasteiger partial charge in [-0.2, -0.15) is 0 Å². The molecule has 0 aliphatic carbocycles. The average molecular weight is 240 g/mol. The van der Waals surface area contributed by atoms with Crippen LogP contribution in [0.3, 0.4) is 0 Å². The van der Waals surface area contributed by atoms with E-state index in [-0.39, 0.29) is 0 Å². The second-order valence-corrected chi connectivity index (χ2v) is 5.16. The second kappa shape index (κ2) is 5.40. The van der Waals surface area contributed by atoms with Gasteiger partial charge in [0.1, 0.15) is 0 Å². The number of piperidine rings is 1. The van der Waals surface area contributed by atoms with Crippen LogP contribution >= 0.6 is 0 Å². The minimum Gasteiger partial charge on any atom is -0.365 e. The monoisotopic (exact) mass is 240 g/mol. The molecule has 18 heavy (non-hydrogen) atoms. The summed E-state index contributed by atoms with van der Waals surface area (Å²) in [6, 6.07) is 15.1. The summed E-state index contributed by atoms with van der Waals surface area (Å²) in [4.78, 5) is 5.92. The summed E-state index contributed by atoms with van der Waals surface area (Å²) in [5.74, 6) is 0.729. The summed E-state index contributed by atoms with van der Waals surface area (Å²) >= 11 is 0. The zero-order chi connectivity index (χ0) is 12.2. The van der Waals surface area contributed by atoms with Gasteiger partial charge in [0.2, 0.25) is 0 Å². The molecule has 2 heterocycles. The van der Waals surface area contributed by atoms with Crippen molar-refractivity contribution in [3.8, 4) is 0 Å².